The third-order valence-corrected chi connectivity index (χ3v) is 5.91. The maximum atomic E-state index is 12.4. The van der Waals surface area contributed by atoms with E-state index in [4.69, 9.17) is 4.52 Å². The van der Waals surface area contributed by atoms with Crippen molar-refractivity contribution in [3.8, 4) is 11.4 Å². The highest BCUT2D eigenvalue weighted by atomic mass is 32.1. The topological polar surface area (TPSA) is 91.6 Å². The van der Waals surface area contributed by atoms with Crippen LogP contribution in [0.5, 0.6) is 0 Å². The first-order chi connectivity index (χ1) is 14.6. The highest BCUT2D eigenvalue weighted by Gasteiger charge is 2.22. The molecule has 1 N–H and O–H groups in total. The maximum Gasteiger partial charge on any atom is 0.261 e. The van der Waals surface area contributed by atoms with Gasteiger partial charge in [0.1, 0.15) is 0 Å². The van der Waals surface area contributed by atoms with E-state index in [1.807, 2.05) is 42.6 Å². The lowest BCUT2D eigenvalue weighted by atomic mass is 10.1. The highest BCUT2D eigenvalue weighted by Crippen LogP contribution is 2.22. The lowest BCUT2D eigenvalue weighted by molar-refractivity contribution is -0.130. The van der Waals surface area contributed by atoms with Crippen molar-refractivity contribution in [1.82, 2.24) is 20.4 Å². The molecule has 156 valence electrons. The Labute approximate surface area is 178 Å². The van der Waals surface area contributed by atoms with Crippen molar-refractivity contribution < 1.29 is 14.1 Å². The van der Waals surface area contributed by atoms with Crippen molar-refractivity contribution >= 4 is 28.8 Å². The molecule has 0 radical (unpaired) electrons. The quantitative estimate of drug-likeness (QED) is 0.652. The van der Waals surface area contributed by atoms with E-state index in [9.17, 15) is 9.59 Å². The molecule has 30 heavy (non-hydrogen) atoms. The van der Waals surface area contributed by atoms with Crippen LogP contribution in [0.3, 0.4) is 0 Å². The smallest absolute Gasteiger partial charge is 0.261 e. The number of nitrogens with zero attached hydrogens (tertiary/aromatic N) is 4. The molecule has 2 amide bonds. The van der Waals surface area contributed by atoms with E-state index < -0.39 is 0 Å². The Kier molecular flexibility index (Phi) is 6.08. The number of aryl methyl sites for hydroxylation is 1. The molecule has 3 heterocycles. The number of nitrogens with one attached hydrogen (secondary N) is 1. The second kappa shape index (κ2) is 9.08. The minimum absolute atomic E-state index is 0.0237. The highest BCUT2D eigenvalue weighted by molar-refractivity contribution is 7.12. The molecule has 3 aromatic rings. The van der Waals surface area contributed by atoms with Gasteiger partial charge in [0.15, 0.2) is 0 Å². The molecular weight excluding hydrogens is 402 g/mol. The molecule has 0 bridgehead atoms. The summed E-state index contributed by atoms with van der Waals surface area (Å²) in [7, 11) is 0. The second-order valence-corrected chi connectivity index (χ2v) is 7.89. The minimum Gasteiger partial charge on any atom is -0.368 e. The van der Waals surface area contributed by atoms with Crippen LogP contribution in [0.4, 0.5) is 5.69 Å². The number of hydrogen-bond donors (Lipinski definition) is 1. The number of thiophene rings is 1. The molecular formula is C21H23N5O3S. The number of amides is 2. The monoisotopic (exact) mass is 425 g/mol. The average molecular weight is 426 g/mol. The van der Waals surface area contributed by atoms with E-state index in [2.05, 4.69) is 20.4 Å². The van der Waals surface area contributed by atoms with Crippen LogP contribution in [-0.4, -0.2) is 59.6 Å². The number of piperazine rings is 1. The van der Waals surface area contributed by atoms with Crippen LogP contribution in [0.2, 0.25) is 0 Å². The van der Waals surface area contributed by atoms with Crippen LogP contribution >= 0.6 is 11.3 Å². The Morgan fingerprint density at radius 3 is 2.53 bits per heavy atom. The van der Waals surface area contributed by atoms with Gasteiger partial charge in [-0.25, -0.2) is 0 Å². The molecule has 8 nitrogen and oxygen atoms in total. The van der Waals surface area contributed by atoms with Crippen molar-refractivity contribution in [3.05, 3.63) is 52.5 Å². The zero-order valence-corrected chi connectivity index (χ0v) is 17.5. The summed E-state index contributed by atoms with van der Waals surface area (Å²) in [4.78, 5) is 33.4. The molecule has 2 aromatic heterocycles. The van der Waals surface area contributed by atoms with Crippen molar-refractivity contribution in [2.24, 2.45) is 0 Å². The van der Waals surface area contributed by atoms with Gasteiger partial charge < -0.3 is 19.6 Å². The van der Waals surface area contributed by atoms with Crippen LogP contribution in [0.15, 0.2) is 46.3 Å². The molecule has 0 aliphatic carbocycles. The van der Waals surface area contributed by atoms with E-state index in [1.165, 1.54) is 11.3 Å². The van der Waals surface area contributed by atoms with Gasteiger partial charge in [-0.1, -0.05) is 18.1 Å². The van der Waals surface area contributed by atoms with E-state index >= 15 is 0 Å². The molecule has 0 atom stereocenters. The van der Waals surface area contributed by atoms with Crippen molar-refractivity contribution in [2.45, 2.75) is 13.3 Å². The predicted molar refractivity (Wildman–Crippen MR) is 115 cm³/mol. The zero-order valence-electron chi connectivity index (χ0n) is 16.7. The summed E-state index contributed by atoms with van der Waals surface area (Å²) in [5.41, 5.74) is 2.01. The number of carbonyl (C=O) groups excluding carboxylic acids is 2. The first-order valence-corrected chi connectivity index (χ1v) is 10.8. The number of carbonyl (C=O) groups is 2. The summed E-state index contributed by atoms with van der Waals surface area (Å²) in [6, 6.07) is 11.6. The van der Waals surface area contributed by atoms with Gasteiger partial charge in [-0.3, -0.25) is 9.59 Å². The molecule has 1 aliphatic rings. The summed E-state index contributed by atoms with van der Waals surface area (Å²) in [6.07, 6.45) is 0.714. The molecule has 4 rings (SSSR count). The normalized spacial score (nSPS) is 14.0. The third kappa shape index (κ3) is 4.51. The van der Waals surface area contributed by atoms with Gasteiger partial charge in [0.2, 0.25) is 17.6 Å². The van der Waals surface area contributed by atoms with E-state index in [-0.39, 0.29) is 18.4 Å². The van der Waals surface area contributed by atoms with E-state index in [1.54, 1.807) is 11.0 Å². The zero-order chi connectivity index (χ0) is 20.9. The minimum atomic E-state index is -0.204. The molecule has 9 heteroatoms. The van der Waals surface area contributed by atoms with Gasteiger partial charge in [0, 0.05) is 43.9 Å². The fourth-order valence-electron chi connectivity index (χ4n) is 3.31. The Balaban J connectivity index is 1.27. The summed E-state index contributed by atoms with van der Waals surface area (Å²) < 4.78 is 5.17. The second-order valence-electron chi connectivity index (χ2n) is 6.94. The number of rotatable bonds is 6. The summed E-state index contributed by atoms with van der Waals surface area (Å²) in [6.45, 7) is 4.73. The van der Waals surface area contributed by atoms with Crippen LogP contribution in [0.25, 0.3) is 11.4 Å². The molecule has 0 spiro atoms. The van der Waals surface area contributed by atoms with Gasteiger partial charge in [-0.2, -0.15) is 4.98 Å². The Morgan fingerprint density at radius 1 is 1.13 bits per heavy atom. The number of hydrogen-bond acceptors (Lipinski definition) is 7. The molecule has 1 aromatic carbocycles. The predicted octanol–water partition coefficient (Wildman–Crippen LogP) is 2.44. The summed E-state index contributed by atoms with van der Waals surface area (Å²) in [5, 5.41) is 8.54. The molecule has 1 aliphatic heterocycles. The standard InChI is InChI=1S/C21H23N5O3S/c1-2-18-23-20(24-29-18)15-5-7-16(8-6-15)25-9-11-26(12-10-25)19(27)14-22-21(28)17-4-3-13-30-17/h3-8,13H,2,9-12,14H2,1H3,(H,22,28). The summed E-state index contributed by atoms with van der Waals surface area (Å²) in [5.74, 6) is 0.961. The number of anilines is 1. The summed E-state index contributed by atoms with van der Waals surface area (Å²) >= 11 is 1.36. The number of benzene rings is 1. The van der Waals surface area contributed by atoms with E-state index in [0.29, 0.717) is 36.1 Å². The fourth-order valence-corrected chi connectivity index (χ4v) is 3.95. The number of aromatic nitrogens is 2. The van der Waals surface area contributed by atoms with Crippen molar-refractivity contribution in [3.63, 3.8) is 0 Å². The van der Waals surface area contributed by atoms with E-state index in [0.717, 1.165) is 24.3 Å². The first kappa shape index (κ1) is 20.1. The van der Waals surface area contributed by atoms with Crippen LogP contribution < -0.4 is 10.2 Å². The first-order valence-electron chi connectivity index (χ1n) is 9.91. The molecule has 1 saturated heterocycles. The Bertz CT molecular complexity index is 992. The van der Waals surface area contributed by atoms with Crippen molar-refractivity contribution in [2.75, 3.05) is 37.6 Å². The fraction of sp³-hybridized carbons (Fsp3) is 0.333. The van der Waals surface area contributed by atoms with Gasteiger partial charge in [0.25, 0.3) is 5.91 Å². The SMILES string of the molecule is CCc1nc(-c2ccc(N3CCN(C(=O)CNC(=O)c4cccs4)CC3)cc2)no1. The third-order valence-electron chi connectivity index (χ3n) is 5.04. The van der Waals surface area contributed by atoms with Crippen LogP contribution in [0, 0.1) is 0 Å². The Morgan fingerprint density at radius 2 is 1.90 bits per heavy atom. The van der Waals surface area contributed by atoms with Gasteiger partial charge in [-0.05, 0) is 35.7 Å². The molecule has 0 saturated carbocycles. The lowest BCUT2D eigenvalue weighted by Gasteiger charge is -2.36. The van der Waals surface area contributed by atoms with Gasteiger partial charge >= 0.3 is 0 Å². The molecule has 1 fully saturated rings. The maximum absolute atomic E-state index is 12.4. The lowest BCUT2D eigenvalue weighted by Crippen LogP contribution is -2.51. The van der Waals surface area contributed by atoms with Crippen LogP contribution in [-0.2, 0) is 11.2 Å². The molecule has 0 unspecified atom stereocenters. The van der Waals surface area contributed by atoms with Crippen molar-refractivity contribution in [1.29, 1.82) is 0 Å². The average Bonchev–Trinajstić information content (AvgIpc) is 3.50. The Hall–Kier alpha value is -3.20. The van der Waals surface area contributed by atoms with Gasteiger partial charge in [0.05, 0.1) is 11.4 Å². The van der Waals surface area contributed by atoms with Crippen LogP contribution in [0.1, 0.15) is 22.5 Å². The van der Waals surface area contributed by atoms with Gasteiger partial charge in [-0.15, -0.1) is 11.3 Å². The largest absolute Gasteiger partial charge is 0.368 e.